The van der Waals surface area contributed by atoms with Crippen molar-refractivity contribution in [1.29, 1.82) is 0 Å². The molecule has 1 aliphatic heterocycles. The number of fused-ring (bicyclic) bond motifs is 3. The number of hydrogen-bond acceptors (Lipinski definition) is 7. The van der Waals surface area contributed by atoms with Crippen LogP contribution in [0.5, 0.6) is 0 Å². The summed E-state index contributed by atoms with van der Waals surface area (Å²) in [4.78, 5) is 11.6. The molecule has 3 aromatic heterocycles. The Bertz CT molecular complexity index is 1590. The Balaban J connectivity index is 1.14. The molecule has 4 heterocycles. The van der Waals surface area contributed by atoms with Crippen LogP contribution in [0.3, 0.4) is 0 Å². The molecule has 0 saturated heterocycles. The fourth-order valence-electron chi connectivity index (χ4n) is 5.44. The van der Waals surface area contributed by atoms with Crippen LogP contribution in [0, 0.1) is 12.7 Å². The molecule has 0 radical (unpaired) electrons. The van der Waals surface area contributed by atoms with E-state index in [1.54, 1.807) is 29.7 Å². The normalized spacial score (nSPS) is 17.9. The van der Waals surface area contributed by atoms with Crippen LogP contribution in [0.25, 0.3) is 11.1 Å². The number of pyridine rings is 1. The van der Waals surface area contributed by atoms with Gasteiger partial charge in [-0.05, 0) is 79.5 Å². The Hall–Kier alpha value is -3.63. The molecule has 6 rings (SSSR count). The van der Waals surface area contributed by atoms with Gasteiger partial charge in [0.15, 0.2) is 0 Å². The Morgan fingerprint density at radius 3 is 2.85 bits per heavy atom. The molecule has 4 N–H and O–H groups in total. The van der Waals surface area contributed by atoms with Gasteiger partial charge in [0.2, 0.25) is 0 Å². The number of allylic oxidation sites excluding steroid dienone is 2. The van der Waals surface area contributed by atoms with Crippen LogP contribution in [-0.4, -0.2) is 25.7 Å². The molecule has 206 valence electrons. The molecule has 4 aromatic rings. The zero-order valence-electron chi connectivity index (χ0n) is 22.8. The van der Waals surface area contributed by atoms with Crippen molar-refractivity contribution in [2.45, 2.75) is 51.7 Å². The van der Waals surface area contributed by atoms with E-state index in [0.717, 1.165) is 30.0 Å². The number of aliphatic hydroxyl groups is 1. The Kier molecular flexibility index (Phi) is 7.37. The Morgan fingerprint density at radius 1 is 1.20 bits per heavy atom. The molecule has 0 spiro atoms. The summed E-state index contributed by atoms with van der Waals surface area (Å²) in [6.07, 6.45) is 6.36. The lowest BCUT2D eigenvalue weighted by molar-refractivity contribution is 0.126. The average molecular weight is 557 g/mol. The lowest BCUT2D eigenvalue weighted by atomic mass is 9.88. The highest BCUT2D eigenvalue weighted by atomic mass is 32.1. The SMILES string of the molecule is Cc1nc2c(n1C)C1=CC(c3ccc(CNc4ncccc4[C@H](O)N[C@@H](C)c4ccc(F)cc4)s3)=CCC1NC2. The summed E-state index contributed by atoms with van der Waals surface area (Å²) in [5.41, 5.74) is 6.46. The summed E-state index contributed by atoms with van der Waals surface area (Å²) in [6, 6.07) is 14.4. The third-order valence-electron chi connectivity index (χ3n) is 7.73. The highest BCUT2D eigenvalue weighted by Crippen LogP contribution is 2.37. The number of anilines is 1. The quantitative estimate of drug-likeness (QED) is 0.211. The fourth-order valence-corrected chi connectivity index (χ4v) is 6.40. The van der Waals surface area contributed by atoms with Gasteiger partial charge in [-0.25, -0.2) is 14.4 Å². The predicted molar refractivity (Wildman–Crippen MR) is 158 cm³/mol. The van der Waals surface area contributed by atoms with Gasteiger partial charge in [0.1, 0.15) is 23.7 Å². The molecule has 1 aromatic carbocycles. The first-order chi connectivity index (χ1) is 19.4. The first-order valence-electron chi connectivity index (χ1n) is 13.5. The zero-order valence-corrected chi connectivity index (χ0v) is 23.6. The molecule has 40 heavy (non-hydrogen) atoms. The van der Waals surface area contributed by atoms with Gasteiger partial charge in [0.25, 0.3) is 0 Å². The Morgan fingerprint density at radius 2 is 2.02 bits per heavy atom. The molecule has 1 unspecified atom stereocenters. The smallest absolute Gasteiger partial charge is 0.135 e. The van der Waals surface area contributed by atoms with E-state index in [-0.39, 0.29) is 11.9 Å². The number of aromatic nitrogens is 3. The minimum atomic E-state index is -0.938. The van der Waals surface area contributed by atoms with Crippen molar-refractivity contribution in [3.05, 3.63) is 111 Å². The second-order valence-corrected chi connectivity index (χ2v) is 11.5. The van der Waals surface area contributed by atoms with Crippen molar-refractivity contribution in [3.8, 4) is 0 Å². The van der Waals surface area contributed by atoms with Crippen LogP contribution >= 0.6 is 11.3 Å². The van der Waals surface area contributed by atoms with Crippen LogP contribution in [0.15, 0.2) is 66.9 Å². The molecule has 2 aliphatic rings. The fraction of sp³-hybridized carbons (Fsp3) is 0.290. The molecule has 9 heteroatoms. The van der Waals surface area contributed by atoms with Gasteiger partial charge in [0.05, 0.1) is 17.9 Å². The Labute approximate surface area is 237 Å². The zero-order chi connectivity index (χ0) is 27.8. The molecule has 0 saturated carbocycles. The van der Waals surface area contributed by atoms with Gasteiger partial charge in [-0.2, -0.15) is 0 Å². The molecular weight excluding hydrogens is 523 g/mol. The number of aliphatic hydroxyl groups excluding tert-OH is 1. The minimum Gasteiger partial charge on any atom is -0.374 e. The minimum absolute atomic E-state index is 0.174. The third-order valence-corrected chi connectivity index (χ3v) is 8.86. The number of hydrogen-bond donors (Lipinski definition) is 4. The molecule has 0 bridgehead atoms. The van der Waals surface area contributed by atoms with Crippen molar-refractivity contribution in [3.63, 3.8) is 0 Å². The van der Waals surface area contributed by atoms with E-state index in [1.165, 1.54) is 38.7 Å². The standard InChI is InChI=1S/C31H33FN6OS/c1-18(20-6-9-22(32)10-7-20)36-31(39)24-5-4-14-33-30(24)35-16-23-11-13-28(40-23)21-8-12-26-25(15-21)29-27(17-34-26)37-19(2)38(29)3/h4-11,13-15,18,26,31,34,36,39H,12,16-17H2,1-3H3,(H,33,35)/t18-,26?,31-/m0/s1. The van der Waals surface area contributed by atoms with Gasteiger partial charge in [-0.1, -0.05) is 18.2 Å². The van der Waals surface area contributed by atoms with Crippen molar-refractivity contribution < 1.29 is 9.50 Å². The van der Waals surface area contributed by atoms with Crippen LogP contribution in [0.4, 0.5) is 10.2 Å². The molecular formula is C31H33FN6OS. The second kappa shape index (κ2) is 11.1. The van der Waals surface area contributed by atoms with Crippen molar-refractivity contribution in [2.24, 2.45) is 7.05 Å². The second-order valence-electron chi connectivity index (χ2n) is 10.3. The number of nitrogens with zero attached hydrogens (tertiary/aromatic N) is 3. The van der Waals surface area contributed by atoms with E-state index in [2.05, 4.69) is 63.8 Å². The van der Waals surface area contributed by atoms with E-state index < -0.39 is 6.23 Å². The number of thiophene rings is 1. The lowest BCUT2D eigenvalue weighted by Gasteiger charge is -2.29. The van der Waals surface area contributed by atoms with Crippen LogP contribution < -0.4 is 16.0 Å². The summed E-state index contributed by atoms with van der Waals surface area (Å²) >= 11 is 1.76. The third kappa shape index (κ3) is 5.25. The topological polar surface area (TPSA) is 87.0 Å². The molecule has 0 fully saturated rings. The van der Waals surface area contributed by atoms with Crippen LogP contribution in [0.1, 0.15) is 63.7 Å². The van der Waals surface area contributed by atoms with Crippen LogP contribution in [-0.2, 0) is 20.1 Å². The number of imidazole rings is 1. The average Bonchev–Trinajstić information content (AvgIpc) is 3.56. The first kappa shape index (κ1) is 26.6. The van der Waals surface area contributed by atoms with Gasteiger partial charge >= 0.3 is 0 Å². The van der Waals surface area contributed by atoms with E-state index in [1.807, 2.05) is 19.1 Å². The number of halogens is 1. The summed E-state index contributed by atoms with van der Waals surface area (Å²) in [7, 11) is 2.10. The summed E-state index contributed by atoms with van der Waals surface area (Å²) in [6.45, 7) is 5.39. The van der Waals surface area contributed by atoms with E-state index >= 15 is 0 Å². The summed E-state index contributed by atoms with van der Waals surface area (Å²) in [5.74, 6) is 1.38. The van der Waals surface area contributed by atoms with Crippen LogP contribution in [0.2, 0.25) is 0 Å². The highest BCUT2D eigenvalue weighted by Gasteiger charge is 2.30. The van der Waals surface area contributed by atoms with Crippen molar-refractivity contribution in [2.75, 3.05) is 5.32 Å². The van der Waals surface area contributed by atoms with E-state index in [0.29, 0.717) is 24.0 Å². The molecule has 3 atom stereocenters. The molecule has 1 aliphatic carbocycles. The van der Waals surface area contributed by atoms with Gasteiger partial charge in [-0.15, -0.1) is 11.3 Å². The van der Waals surface area contributed by atoms with Gasteiger partial charge in [-0.3, -0.25) is 5.32 Å². The van der Waals surface area contributed by atoms with E-state index in [9.17, 15) is 9.50 Å². The summed E-state index contributed by atoms with van der Waals surface area (Å²) in [5, 5.41) is 21.2. The van der Waals surface area contributed by atoms with Gasteiger partial charge < -0.3 is 20.3 Å². The molecule has 7 nitrogen and oxygen atoms in total. The number of benzene rings is 1. The molecule has 0 amide bonds. The monoisotopic (exact) mass is 556 g/mol. The largest absolute Gasteiger partial charge is 0.374 e. The number of rotatable bonds is 8. The maximum atomic E-state index is 13.3. The number of nitrogens with one attached hydrogen (secondary N) is 3. The number of aryl methyl sites for hydroxylation is 1. The maximum absolute atomic E-state index is 13.3. The maximum Gasteiger partial charge on any atom is 0.135 e. The first-order valence-corrected chi connectivity index (χ1v) is 14.3. The van der Waals surface area contributed by atoms with E-state index in [4.69, 9.17) is 4.98 Å². The lowest BCUT2D eigenvalue weighted by Crippen LogP contribution is -2.36. The highest BCUT2D eigenvalue weighted by molar-refractivity contribution is 7.13. The summed E-state index contributed by atoms with van der Waals surface area (Å²) < 4.78 is 15.5. The van der Waals surface area contributed by atoms with Crippen molar-refractivity contribution in [1.82, 2.24) is 25.2 Å². The van der Waals surface area contributed by atoms with Gasteiger partial charge in [0, 0.05) is 47.2 Å². The van der Waals surface area contributed by atoms with Crippen molar-refractivity contribution >= 4 is 28.3 Å². The predicted octanol–water partition coefficient (Wildman–Crippen LogP) is 5.62.